The van der Waals surface area contributed by atoms with Crippen molar-refractivity contribution in [2.24, 2.45) is 5.41 Å². The quantitative estimate of drug-likeness (QED) is 0.216. The van der Waals surface area contributed by atoms with Gasteiger partial charge in [-0.1, -0.05) is 12.1 Å². The normalized spacial score (nSPS) is 26.5. The van der Waals surface area contributed by atoms with E-state index >= 15 is 0 Å². The van der Waals surface area contributed by atoms with Gasteiger partial charge in [-0.2, -0.15) is 17.4 Å². The third kappa shape index (κ3) is 6.77. The smallest absolute Gasteiger partial charge is 0.279 e. The number of imide groups is 1. The van der Waals surface area contributed by atoms with Crippen LogP contribution in [0, 0.1) is 5.41 Å². The summed E-state index contributed by atoms with van der Waals surface area (Å²) in [5.41, 5.74) is 1.94. The number of hydrogen-bond acceptors (Lipinski definition) is 9. The van der Waals surface area contributed by atoms with Gasteiger partial charge in [-0.15, -0.1) is 0 Å². The molecule has 1 aromatic carbocycles. The summed E-state index contributed by atoms with van der Waals surface area (Å²) >= 11 is 0. The van der Waals surface area contributed by atoms with E-state index in [4.69, 9.17) is 0 Å². The Morgan fingerprint density at radius 1 is 1.00 bits per heavy atom. The first-order valence-electron chi connectivity index (χ1n) is 16.8. The number of nitrogens with zero attached hydrogens (tertiary/aromatic N) is 3. The van der Waals surface area contributed by atoms with Gasteiger partial charge >= 0.3 is 0 Å². The van der Waals surface area contributed by atoms with Gasteiger partial charge in [0, 0.05) is 62.6 Å². The van der Waals surface area contributed by atoms with Gasteiger partial charge in [0.15, 0.2) is 0 Å². The number of nitrogens with one attached hydrogen (secondary N) is 5. The summed E-state index contributed by atoms with van der Waals surface area (Å²) in [7, 11) is -3.78. The molecule has 256 valence electrons. The van der Waals surface area contributed by atoms with E-state index in [1.54, 1.807) is 6.07 Å². The van der Waals surface area contributed by atoms with E-state index in [-0.39, 0.29) is 61.4 Å². The van der Waals surface area contributed by atoms with Crippen LogP contribution in [0.5, 0.6) is 0 Å². The zero-order valence-electron chi connectivity index (χ0n) is 26.7. The highest BCUT2D eigenvalue weighted by molar-refractivity contribution is 7.87. The molecule has 6 aliphatic rings. The molecule has 5 aliphatic heterocycles. The molecule has 5 heterocycles. The average molecular weight is 679 g/mol. The molecular formula is C33H42N8O6S. The van der Waals surface area contributed by atoms with Gasteiger partial charge in [-0.05, 0) is 81.5 Å². The number of carbonyl (C=O) groups excluding carboxylic acids is 4. The fraction of sp³-hybridized carbons (Fsp3) is 0.515. The third-order valence-electron chi connectivity index (χ3n) is 10.3. The largest absolute Gasteiger partial charge is 0.360 e. The van der Waals surface area contributed by atoms with Crippen LogP contribution in [0.3, 0.4) is 0 Å². The van der Waals surface area contributed by atoms with Crippen molar-refractivity contribution in [3.8, 4) is 0 Å². The fourth-order valence-electron chi connectivity index (χ4n) is 7.15. The summed E-state index contributed by atoms with van der Waals surface area (Å²) in [6.45, 7) is 2.69. The van der Waals surface area contributed by atoms with E-state index in [1.165, 1.54) is 4.31 Å². The van der Waals surface area contributed by atoms with Gasteiger partial charge in [-0.3, -0.25) is 24.5 Å². The van der Waals surface area contributed by atoms with Crippen molar-refractivity contribution in [1.29, 1.82) is 0 Å². The number of likely N-dealkylation sites (tertiary alicyclic amines) is 1. The molecule has 1 saturated carbocycles. The van der Waals surface area contributed by atoms with Crippen molar-refractivity contribution < 1.29 is 27.6 Å². The van der Waals surface area contributed by atoms with Crippen molar-refractivity contribution in [3.05, 3.63) is 65.5 Å². The topological polar surface area (TPSA) is 172 Å². The summed E-state index contributed by atoms with van der Waals surface area (Å²) in [4.78, 5) is 53.8. The van der Waals surface area contributed by atoms with E-state index in [1.807, 2.05) is 47.7 Å². The molecule has 2 atom stereocenters. The summed E-state index contributed by atoms with van der Waals surface area (Å²) < 4.78 is 30.2. The first kappa shape index (κ1) is 32.5. The number of rotatable bonds is 10. The Bertz CT molecular complexity index is 1700. The van der Waals surface area contributed by atoms with Gasteiger partial charge < -0.3 is 25.8 Å². The van der Waals surface area contributed by atoms with Gasteiger partial charge in [0.05, 0.1) is 16.7 Å². The monoisotopic (exact) mass is 678 g/mol. The summed E-state index contributed by atoms with van der Waals surface area (Å²) in [5, 5.41) is 11.8. The maximum absolute atomic E-state index is 13.1. The van der Waals surface area contributed by atoms with E-state index in [0.717, 1.165) is 30.5 Å². The van der Waals surface area contributed by atoms with Crippen LogP contribution in [-0.4, -0.2) is 104 Å². The lowest BCUT2D eigenvalue weighted by atomic mass is 9.86. The van der Waals surface area contributed by atoms with Crippen molar-refractivity contribution in [3.63, 3.8) is 0 Å². The molecule has 0 bridgehead atoms. The van der Waals surface area contributed by atoms with E-state index in [2.05, 4.69) is 30.9 Å². The standard InChI is InChI=1S/C33H42N8O6S/c42-29-18-33(32(45)37-29)11-15-41(21-33)48(46,47)38-26-9-13-39(14-10-26)16-12-34-30(43)23-4-1-3-22(17-23)27-20-40-19-24(7-8-28(40)36-27)31(44)35-25-5-2-6-25/h1,3-4,7-8,17,19-20,25-26,28,36,38H,2,5-6,9-16,18,21H2,(H,34,43)(H,35,44)(H,37,42,45). The zero-order chi connectivity index (χ0) is 33.5. The molecular weight excluding hydrogens is 636 g/mol. The van der Waals surface area contributed by atoms with Crippen LogP contribution in [-0.2, 0) is 24.6 Å². The van der Waals surface area contributed by atoms with Crippen LogP contribution in [0.15, 0.2) is 54.4 Å². The number of amides is 4. The SMILES string of the molecule is O=C1CC2(CCN(S(=O)(=O)NC3CCN(CCNC(=O)c4cccc(C5=CN6C=C(C(=O)NC7CCC7)C=CC6N5)c4)CC3)C2)C(=O)N1. The average Bonchev–Trinajstić information content (AvgIpc) is 3.76. The van der Waals surface area contributed by atoms with Crippen molar-refractivity contribution in [2.75, 3.05) is 39.3 Å². The van der Waals surface area contributed by atoms with Gasteiger partial charge in [0.2, 0.25) is 11.8 Å². The van der Waals surface area contributed by atoms with Crippen LogP contribution in [0.2, 0.25) is 0 Å². The van der Waals surface area contributed by atoms with E-state index < -0.39 is 15.6 Å². The lowest BCUT2D eigenvalue weighted by Crippen LogP contribution is -2.50. The van der Waals surface area contributed by atoms with Gasteiger partial charge in [0.1, 0.15) is 6.17 Å². The molecule has 0 radical (unpaired) electrons. The zero-order valence-corrected chi connectivity index (χ0v) is 27.6. The van der Waals surface area contributed by atoms with Crippen LogP contribution >= 0.6 is 0 Å². The van der Waals surface area contributed by atoms with E-state index in [0.29, 0.717) is 56.6 Å². The Labute approximate surface area is 280 Å². The third-order valence-corrected chi connectivity index (χ3v) is 11.9. The van der Waals surface area contributed by atoms with Crippen LogP contribution in [0.4, 0.5) is 0 Å². The number of piperidine rings is 1. The van der Waals surface area contributed by atoms with Crippen molar-refractivity contribution in [1.82, 2.24) is 40.1 Å². The fourth-order valence-corrected chi connectivity index (χ4v) is 8.71. The Morgan fingerprint density at radius 3 is 2.54 bits per heavy atom. The lowest BCUT2D eigenvalue weighted by molar-refractivity contribution is -0.128. The second-order valence-corrected chi connectivity index (χ2v) is 15.3. The minimum absolute atomic E-state index is 0.0182. The molecule has 3 saturated heterocycles. The van der Waals surface area contributed by atoms with Crippen LogP contribution in [0.1, 0.15) is 60.9 Å². The number of carbonyl (C=O) groups is 4. The first-order valence-corrected chi connectivity index (χ1v) is 18.2. The van der Waals surface area contributed by atoms with Crippen LogP contribution < -0.4 is 26.0 Å². The minimum Gasteiger partial charge on any atom is -0.360 e. The van der Waals surface area contributed by atoms with Crippen LogP contribution in [0.25, 0.3) is 5.70 Å². The predicted molar refractivity (Wildman–Crippen MR) is 176 cm³/mol. The molecule has 1 aliphatic carbocycles. The summed E-state index contributed by atoms with van der Waals surface area (Å²) in [6, 6.07) is 7.47. The molecule has 1 spiro atoms. The molecule has 1 aromatic rings. The molecule has 14 nitrogen and oxygen atoms in total. The molecule has 15 heteroatoms. The van der Waals surface area contributed by atoms with Crippen molar-refractivity contribution in [2.45, 2.75) is 63.2 Å². The maximum Gasteiger partial charge on any atom is 0.279 e. The molecule has 0 aromatic heterocycles. The summed E-state index contributed by atoms with van der Waals surface area (Å²) in [6.07, 6.45) is 12.3. The lowest BCUT2D eigenvalue weighted by Gasteiger charge is -2.33. The molecule has 7 rings (SSSR count). The number of benzene rings is 1. The first-order chi connectivity index (χ1) is 23.1. The number of hydrogen-bond donors (Lipinski definition) is 5. The molecule has 2 unspecified atom stereocenters. The second kappa shape index (κ2) is 13.1. The predicted octanol–water partition coefficient (Wildman–Crippen LogP) is 0.106. The minimum atomic E-state index is -3.78. The van der Waals surface area contributed by atoms with Gasteiger partial charge in [0.25, 0.3) is 22.0 Å². The Morgan fingerprint density at radius 2 is 1.81 bits per heavy atom. The Kier molecular flexibility index (Phi) is 8.87. The maximum atomic E-state index is 13.1. The molecule has 4 amide bonds. The summed E-state index contributed by atoms with van der Waals surface area (Å²) in [5.74, 6) is -0.966. The second-order valence-electron chi connectivity index (χ2n) is 13.6. The molecule has 48 heavy (non-hydrogen) atoms. The van der Waals surface area contributed by atoms with Crippen molar-refractivity contribution >= 4 is 39.5 Å². The highest BCUT2D eigenvalue weighted by Crippen LogP contribution is 2.38. The highest BCUT2D eigenvalue weighted by atomic mass is 32.2. The molecule has 4 fully saturated rings. The van der Waals surface area contributed by atoms with Gasteiger partial charge in [-0.25, -0.2) is 0 Å². The molecule has 5 N–H and O–H groups in total. The number of fused-ring (bicyclic) bond motifs is 1. The Balaban J connectivity index is 0.853. The highest BCUT2D eigenvalue weighted by Gasteiger charge is 2.53. The Hall–Kier alpha value is -4.05. The van der Waals surface area contributed by atoms with E-state index in [9.17, 15) is 27.6 Å².